The van der Waals surface area contributed by atoms with E-state index in [1.165, 1.54) is 16.4 Å². The quantitative estimate of drug-likeness (QED) is 0.667. The van der Waals surface area contributed by atoms with Gasteiger partial charge in [-0.25, -0.2) is 8.42 Å². The molecule has 158 valence electrons. The molecule has 1 amide bonds. The van der Waals surface area contributed by atoms with Crippen LogP contribution in [0.25, 0.3) is 10.2 Å². The van der Waals surface area contributed by atoms with Gasteiger partial charge < -0.3 is 9.88 Å². The van der Waals surface area contributed by atoms with Gasteiger partial charge in [0.05, 0.1) is 15.1 Å². The molecule has 0 radical (unpaired) electrons. The van der Waals surface area contributed by atoms with E-state index in [0.717, 1.165) is 47.2 Å². The summed E-state index contributed by atoms with van der Waals surface area (Å²) in [5.41, 5.74) is 1.62. The van der Waals surface area contributed by atoms with Crippen LogP contribution in [0.5, 0.6) is 0 Å². The van der Waals surface area contributed by atoms with Crippen molar-refractivity contribution in [3.63, 3.8) is 0 Å². The zero-order chi connectivity index (χ0) is 21.3. The lowest BCUT2D eigenvalue weighted by Gasteiger charge is -2.20. The third-order valence-corrected chi connectivity index (χ3v) is 8.24. The van der Waals surface area contributed by atoms with E-state index in [1.54, 1.807) is 41.9 Å². The number of thiazole rings is 1. The number of anilines is 1. The highest BCUT2D eigenvalue weighted by molar-refractivity contribution is 7.89. The van der Waals surface area contributed by atoms with Gasteiger partial charge >= 0.3 is 4.87 Å². The van der Waals surface area contributed by atoms with Gasteiger partial charge in [-0.15, -0.1) is 0 Å². The van der Waals surface area contributed by atoms with E-state index in [9.17, 15) is 18.0 Å². The predicted octanol–water partition coefficient (Wildman–Crippen LogP) is 3.42. The first-order chi connectivity index (χ1) is 14.4. The highest BCUT2D eigenvalue weighted by atomic mass is 32.2. The van der Waals surface area contributed by atoms with Crippen LogP contribution < -0.4 is 10.2 Å². The Morgan fingerprint density at radius 1 is 1.03 bits per heavy atom. The van der Waals surface area contributed by atoms with Gasteiger partial charge in [0.1, 0.15) is 0 Å². The molecule has 2 aromatic carbocycles. The molecule has 4 rings (SSSR count). The molecule has 3 aromatic rings. The van der Waals surface area contributed by atoms with Crippen LogP contribution in [0.1, 0.15) is 36.0 Å². The second-order valence-corrected chi connectivity index (χ2v) is 10.3. The summed E-state index contributed by atoms with van der Waals surface area (Å²) < 4.78 is 29.9. The maximum atomic E-state index is 13.0. The van der Waals surface area contributed by atoms with E-state index in [-0.39, 0.29) is 15.3 Å². The van der Waals surface area contributed by atoms with E-state index in [0.29, 0.717) is 18.8 Å². The van der Waals surface area contributed by atoms with Crippen molar-refractivity contribution < 1.29 is 13.2 Å². The van der Waals surface area contributed by atoms with Gasteiger partial charge in [-0.2, -0.15) is 4.31 Å². The van der Waals surface area contributed by atoms with Gasteiger partial charge in [0, 0.05) is 31.4 Å². The van der Waals surface area contributed by atoms with Crippen LogP contribution in [0, 0.1) is 0 Å². The van der Waals surface area contributed by atoms with Crippen molar-refractivity contribution in [2.45, 2.75) is 30.6 Å². The molecule has 0 spiro atoms. The largest absolute Gasteiger partial charge is 0.322 e. The average Bonchev–Trinajstić information content (AvgIpc) is 2.93. The minimum atomic E-state index is -3.63. The molecule has 0 bridgehead atoms. The number of rotatable bonds is 4. The van der Waals surface area contributed by atoms with Crippen LogP contribution in [0.2, 0.25) is 0 Å². The zero-order valence-electron chi connectivity index (χ0n) is 16.6. The van der Waals surface area contributed by atoms with E-state index in [2.05, 4.69) is 5.32 Å². The molecule has 30 heavy (non-hydrogen) atoms. The third-order valence-electron chi connectivity index (χ3n) is 5.35. The van der Waals surface area contributed by atoms with Gasteiger partial charge in [0.15, 0.2) is 0 Å². The maximum absolute atomic E-state index is 13.0. The number of aromatic nitrogens is 1. The first-order valence-corrected chi connectivity index (χ1v) is 12.1. The van der Waals surface area contributed by atoms with Crippen LogP contribution in [0.15, 0.2) is 52.2 Å². The topological polar surface area (TPSA) is 88.5 Å². The number of fused-ring (bicyclic) bond motifs is 1. The fraction of sp³-hybridized carbons (Fsp3) is 0.333. The van der Waals surface area contributed by atoms with E-state index in [4.69, 9.17) is 0 Å². The van der Waals surface area contributed by atoms with Crippen LogP contribution in [-0.4, -0.2) is 36.3 Å². The van der Waals surface area contributed by atoms with E-state index < -0.39 is 15.9 Å². The summed E-state index contributed by atoms with van der Waals surface area (Å²) in [5.74, 6) is -0.398. The minimum absolute atomic E-state index is 0.0695. The molecule has 1 N–H and O–H groups in total. The maximum Gasteiger partial charge on any atom is 0.307 e. The molecule has 1 fully saturated rings. The van der Waals surface area contributed by atoms with Gasteiger partial charge in [0.2, 0.25) is 10.0 Å². The fourth-order valence-corrected chi connectivity index (χ4v) is 6.13. The Labute approximate surface area is 179 Å². The number of carbonyl (C=O) groups excluding carboxylic acids is 1. The lowest BCUT2D eigenvalue weighted by atomic mass is 10.2. The van der Waals surface area contributed by atoms with Crippen molar-refractivity contribution in [3.05, 3.63) is 57.7 Å². The third kappa shape index (κ3) is 4.05. The molecule has 1 aromatic heterocycles. The summed E-state index contributed by atoms with van der Waals surface area (Å²) in [6.07, 6.45) is 3.78. The summed E-state index contributed by atoms with van der Waals surface area (Å²) in [7, 11) is -1.92. The Hall–Kier alpha value is -2.49. The first-order valence-electron chi connectivity index (χ1n) is 9.87. The number of amides is 1. The molecule has 7 nitrogen and oxygen atoms in total. The fourth-order valence-electron chi connectivity index (χ4n) is 3.64. The Morgan fingerprint density at radius 3 is 2.50 bits per heavy atom. The highest BCUT2D eigenvalue weighted by Gasteiger charge is 2.25. The molecule has 0 unspecified atom stereocenters. The Balaban J connectivity index is 1.57. The summed E-state index contributed by atoms with van der Waals surface area (Å²) in [5, 5.41) is 2.80. The Bertz CT molecular complexity index is 1250. The lowest BCUT2D eigenvalue weighted by molar-refractivity contribution is 0.102. The van der Waals surface area contributed by atoms with Crippen molar-refractivity contribution in [1.29, 1.82) is 0 Å². The molecule has 0 saturated carbocycles. The number of benzene rings is 2. The van der Waals surface area contributed by atoms with Crippen LogP contribution >= 0.6 is 11.3 Å². The second-order valence-electron chi connectivity index (χ2n) is 7.41. The van der Waals surface area contributed by atoms with Gasteiger partial charge in [-0.1, -0.05) is 30.2 Å². The number of nitrogens with one attached hydrogen (secondary N) is 1. The highest BCUT2D eigenvalue weighted by Crippen LogP contribution is 2.23. The molecular weight excluding hydrogens is 422 g/mol. The monoisotopic (exact) mass is 445 g/mol. The van der Waals surface area contributed by atoms with Crippen molar-refractivity contribution in [2.24, 2.45) is 7.05 Å². The SMILES string of the molecule is Cn1c(=O)sc2cc(NC(=O)c3cccc(S(=O)(=O)N4CCCCCC4)c3)ccc21. The molecule has 0 aliphatic carbocycles. The number of nitrogens with zero attached hydrogens (tertiary/aromatic N) is 2. The second kappa shape index (κ2) is 8.33. The van der Waals surface area contributed by atoms with Crippen molar-refractivity contribution >= 4 is 43.2 Å². The molecule has 0 atom stereocenters. The van der Waals surface area contributed by atoms with Crippen LogP contribution in [0.3, 0.4) is 0 Å². The number of hydrogen-bond donors (Lipinski definition) is 1. The summed E-state index contributed by atoms with van der Waals surface area (Å²) in [6.45, 7) is 1.03. The van der Waals surface area contributed by atoms with Crippen molar-refractivity contribution in [3.8, 4) is 0 Å². The minimum Gasteiger partial charge on any atom is -0.322 e. The molecule has 2 heterocycles. The van der Waals surface area contributed by atoms with Gasteiger partial charge in [0.25, 0.3) is 5.91 Å². The van der Waals surface area contributed by atoms with E-state index >= 15 is 0 Å². The standard InChI is InChI=1S/C21H23N3O4S2/c1-23-18-10-9-16(14-19(18)29-21(23)26)22-20(25)15-7-6-8-17(13-15)30(27,28)24-11-4-2-3-5-12-24/h6-10,13-14H,2-5,11-12H2,1H3,(H,22,25). The number of aryl methyl sites for hydroxylation is 1. The lowest BCUT2D eigenvalue weighted by Crippen LogP contribution is -2.32. The Kier molecular flexibility index (Phi) is 5.77. The smallest absolute Gasteiger partial charge is 0.307 e. The summed E-state index contributed by atoms with van der Waals surface area (Å²) in [4.78, 5) is 24.6. The predicted molar refractivity (Wildman–Crippen MR) is 119 cm³/mol. The van der Waals surface area contributed by atoms with Crippen molar-refractivity contribution in [1.82, 2.24) is 8.87 Å². The molecule has 9 heteroatoms. The summed E-state index contributed by atoms with van der Waals surface area (Å²) >= 11 is 1.11. The number of carbonyl (C=O) groups is 1. The molecule has 1 aliphatic rings. The Morgan fingerprint density at radius 2 is 1.77 bits per heavy atom. The zero-order valence-corrected chi connectivity index (χ0v) is 18.3. The van der Waals surface area contributed by atoms with Crippen LogP contribution in [-0.2, 0) is 17.1 Å². The van der Waals surface area contributed by atoms with Crippen LogP contribution in [0.4, 0.5) is 5.69 Å². The van der Waals surface area contributed by atoms with Crippen molar-refractivity contribution in [2.75, 3.05) is 18.4 Å². The normalized spacial score (nSPS) is 15.8. The number of hydrogen-bond acceptors (Lipinski definition) is 5. The first kappa shape index (κ1) is 20.8. The number of sulfonamides is 1. The molecular formula is C21H23N3O4S2. The average molecular weight is 446 g/mol. The van der Waals surface area contributed by atoms with Gasteiger partial charge in [-0.3, -0.25) is 9.59 Å². The summed E-state index contributed by atoms with van der Waals surface area (Å²) in [6, 6.07) is 11.4. The molecule has 1 aliphatic heterocycles. The molecule has 1 saturated heterocycles. The van der Waals surface area contributed by atoms with Gasteiger partial charge in [-0.05, 0) is 49.2 Å². The van der Waals surface area contributed by atoms with E-state index in [1.807, 2.05) is 0 Å².